The van der Waals surface area contributed by atoms with Crippen molar-refractivity contribution in [2.24, 2.45) is 4.99 Å². The first-order chi connectivity index (χ1) is 12.1. The van der Waals surface area contributed by atoms with Crippen LogP contribution in [0.3, 0.4) is 0 Å². The minimum Gasteiger partial charge on any atom is -0.272 e. The van der Waals surface area contributed by atoms with Gasteiger partial charge in [-0.15, -0.1) is 0 Å². The molecule has 1 aliphatic heterocycles. The molecule has 0 N–H and O–H groups in total. The molecule has 1 aromatic carbocycles. The Morgan fingerprint density at radius 3 is 2.80 bits per heavy atom. The van der Waals surface area contributed by atoms with Gasteiger partial charge in [0.1, 0.15) is 0 Å². The van der Waals surface area contributed by atoms with Gasteiger partial charge in [0, 0.05) is 35.2 Å². The van der Waals surface area contributed by atoms with E-state index in [9.17, 15) is 4.79 Å². The SMILES string of the molecule is Cc1cncc(-c2ccc(-c3ncc4c(n3)=NC(=O)CC=4)c(Cl)c2)n1. The molecule has 6 nitrogen and oxygen atoms in total. The molecule has 1 amide bonds. The minimum absolute atomic E-state index is 0.211. The highest BCUT2D eigenvalue weighted by Crippen LogP contribution is 2.29. The van der Waals surface area contributed by atoms with E-state index in [1.165, 1.54) is 0 Å². The van der Waals surface area contributed by atoms with E-state index in [0.29, 0.717) is 21.9 Å². The smallest absolute Gasteiger partial charge is 0.251 e. The molecule has 0 radical (unpaired) electrons. The summed E-state index contributed by atoms with van der Waals surface area (Å²) in [5, 5.41) is 1.25. The van der Waals surface area contributed by atoms with Gasteiger partial charge in [-0.1, -0.05) is 23.7 Å². The van der Waals surface area contributed by atoms with Gasteiger partial charge in [0.05, 0.1) is 22.6 Å². The molecule has 3 heterocycles. The van der Waals surface area contributed by atoms with Gasteiger partial charge in [-0.3, -0.25) is 9.78 Å². The number of hydrogen-bond acceptors (Lipinski definition) is 5. The number of aryl methyl sites for hydroxylation is 1. The lowest BCUT2D eigenvalue weighted by atomic mass is 10.1. The summed E-state index contributed by atoms with van der Waals surface area (Å²) in [6.45, 7) is 1.88. The van der Waals surface area contributed by atoms with Crippen LogP contribution in [0.2, 0.25) is 5.02 Å². The van der Waals surface area contributed by atoms with Crippen molar-refractivity contribution in [1.82, 2.24) is 19.9 Å². The normalized spacial score (nSPS) is 13.0. The number of halogens is 1. The molecule has 0 bridgehead atoms. The largest absolute Gasteiger partial charge is 0.272 e. The highest BCUT2D eigenvalue weighted by atomic mass is 35.5. The van der Waals surface area contributed by atoms with Crippen LogP contribution in [-0.4, -0.2) is 25.8 Å². The van der Waals surface area contributed by atoms with Crippen LogP contribution in [0.4, 0.5) is 0 Å². The third-order valence-corrected chi connectivity index (χ3v) is 4.10. The Morgan fingerprint density at radius 1 is 1.12 bits per heavy atom. The maximum atomic E-state index is 11.5. The molecule has 3 aromatic rings. The van der Waals surface area contributed by atoms with Crippen molar-refractivity contribution in [3.8, 4) is 22.6 Å². The highest BCUT2D eigenvalue weighted by molar-refractivity contribution is 6.33. The molecule has 0 atom stereocenters. The summed E-state index contributed by atoms with van der Waals surface area (Å²) in [5.74, 6) is 0.217. The summed E-state index contributed by atoms with van der Waals surface area (Å²) in [6, 6.07) is 5.53. The van der Waals surface area contributed by atoms with E-state index in [1.807, 2.05) is 19.1 Å². The maximum Gasteiger partial charge on any atom is 0.251 e. The minimum atomic E-state index is -0.211. The van der Waals surface area contributed by atoms with Crippen molar-refractivity contribution in [1.29, 1.82) is 0 Å². The summed E-state index contributed by atoms with van der Waals surface area (Å²) in [7, 11) is 0. The number of amides is 1. The molecule has 0 saturated carbocycles. The molecule has 122 valence electrons. The zero-order valence-corrected chi connectivity index (χ0v) is 14.0. The monoisotopic (exact) mass is 349 g/mol. The van der Waals surface area contributed by atoms with Crippen molar-refractivity contribution < 1.29 is 4.79 Å². The zero-order chi connectivity index (χ0) is 17.4. The quantitative estimate of drug-likeness (QED) is 0.705. The van der Waals surface area contributed by atoms with Crippen LogP contribution in [0.1, 0.15) is 12.1 Å². The second-order valence-corrected chi connectivity index (χ2v) is 6.03. The predicted octanol–water partition coefficient (Wildman–Crippen LogP) is 1.89. The lowest BCUT2D eigenvalue weighted by molar-refractivity contribution is -0.117. The average Bonchev–Trinajstić information content (AvgIpc) is 2.61. The van der Waals surface area contributed by atoms with E-state index in [0.717, 1.165) is 22.2 Å². The second kappa shape index (κ2) is 6.14. The van der Waals surface area contributed by atoms with Gasteiger partial charge < -0.3 is 0 Å². The molecule has 4 rings (SSSR count). The lowest BCUT2D eigenvalue weighted by Crippen LogP contribution is -2.33. The zero-order valence-electron chi connectivity index (χ0n) is 13.3. The van der Waals surface area contributed by atoms with Crippen molar-refractivity contribution in [2.75, 3.05) is 0 Å². The molecule has 1 aliphatic rings. The van der Waals surface area contributed by atoms with Crippen molar-refractivity contribution in [3.63, 3.8) is 0 Å². The summed E-state index contributed by atoms with van der Waals surface area (Å²) in [4.78, 5) is 32.7. The van der Waals surface area contributed by atoms with E-state index in [4.69, 9.17) is 11.6 Å². The van der Waals surface area contributed by atoms with Gasteiger partial charge in [0.2, 0.25) is 0 Å². The van der Waals surface area contributed by atoms with E-state index in [1.54, 1.807) is 30.7 Å². The fourth-order valence-electron chi connectivity index (χ4n) is 2.56. The van der Waals surface area contributed by atoms with Crippen LogP contribution in [0.5, 0.6) is 0 Å². The van der Waals surface area contributed by atoms with Gasteiger partial charge in [-0.25, -0.2) is 15.0 Å². The van der Waals surface area contributed by atoms with Crippen LogP contribution in [0.25, 0.3) is 28.7 Å². The van der Waals surface area contributed by atoms with Crippen LogP contribution in [0, 0.1) is 6.92 Å². The first-order valence-electron chi connectivity index (χ1n) is 7.64. The van der Waals surface area contributed by atoms with E-state index in [2.05, 4.69) is 24.9 Å². The Hall–Kier alpha value is -2.99. The average molecular weight is 350 g/mol. The highest BCUT2D eigenvalue weighted by Gasteiger charge is 2.11. The van der Waals surface area contributed by atoms with E-state index >= 15 is 0 Å². The molecule has 0 unspecified atom stereocenters. The van der Waals surface area contributed by atoms with Gasteiger partial charge >= 0.3 is 0 Å². The Balaban J connectivity index is 1.79. The van der Waals surface area contributed by atoms with Gasteiger partial charge in [-0.2, -0.15) is 4.99 Å². The fraction of sp³-hybridized carbons (Fsp3) is 0.111. The molecule has 0 saturated heterocycles. The summed E-state index contributed by atoms with van der Waals surface area (Å²) >= 11 is 6.43. The van der Waals surface area contributed by atoms with Crippen LogP contribution < -0.4 is 10.7 Å². The first kappa shape index (κ1) is 15.5. The number of fused-ring (bicyclic) bond motifs is 1. The summed E-state index contributed by atoms with van der Waals surface area (Å²) in [5.41, 5.74) is 3.48. The number of benzene rings is 1. The molecule has 2 aromatic heterocycles. The van der Waals surface area contributed by atoms with E-state index in [-0.39, 0.29) is 12.3 Å². The lowest BCUT2D eigenvalue weighted by Gasteiger charge is -2.07. The Labute approximate surface area is 148 Å². The third-order valence-electron chi connectivity index (χ3n) is 3.78. The van der Waals surface area contributed by atoms with Gasteiger partial charge in [0.25, 0.3) is 5.91 Å². The van der Waals surface area contributed by atoms with Gasteiger partial charge in [-0.05, 0) is 19.1 Å². The van der Waals surface area contributed by atoms with Crippen LogP contribution in [0.15, 0.2) is 41.8 Å². The maximum absolute atomic E-state index is 11.5. The first-order valence-corrected chi connectivity index (χ1v) is 8.02. The number of hydrogen-bond donors (Lipinski definition) is 0. The fourth-order valence-corrected chi connectivity index (χ4v) is 2.83. The summed E-state index contributed by atoms with van der Waals surface area (Å²) in [6.07, 6.45) is 7.10. The molecular formula is C18H12ClN5O. The van der Waals surface area contributed by atoms with Crippen molar-refractivity contribution in [3.05, 3.63) is 58.2 Å². The molecular weight excluding hydrogens is 338 g/mol. The standard InChI is InChI=1S/C18H12ClN5O/c1-10-7-20-9-15(22-10)11-2-4-13(14(19)6-11)18-21-8-12-3-5-16(25)23-17(12)24-18/h2-4,6-9H,5H2,1H3. The number of carbonyl (C=O) groups excluding carboxylic acids is 1. The van der Waals surface area contributed by atoms with Crippen LogP contribution in [-0.2, 0) is 4.79 Å². The molecule has 7 heteroatoms. The second-order valence-electron chi connectivity index (χ2n) is 5.63. The predicted molar refractivity (Wildman–Crippen MR) is 93.1 cm³/mol. The van der Waals surface area contributed by atoms with Crippen molar-refractivity contribution >= 4 is 23.6 Å². The number of carbonyl (C=O) groups is 1. The molecule has 25 heavy (non-hydrogen) atoms. The Kier molecular flexibility index (Phi) is 3.82. The summed E-state index contributed by atoms with van der Waals surface area (Å²) < 4.78 is 0. The van der Waals surface area contributed by atoms with Gasteiger partial charge in [0.15, 0.2) is 11.3 Å². The molecule has 0 fully saturated rings. The molecule has 0 spiro atoms. The van der Waals surface area contributed by atoms with Crippen molar-refractivity contribution in [2.45, 2.75) is 13.3 Å². The number of aromatic nitrogens is 4. The van der Waals surface area contributed by atoms with E-state index < -0.39 is 0 Å². The topological polar surface area (TPSA) is 81.0 Å². The number of nitrogens with zero attached hydrogens (tertiary/aromatic N) is 5. The van der Waals surface area contributed by atoms with Crippen LogP contribution >= 0.6 is 11.6 Å². The molecule has 0 aliphatic carbocycles. The Bertz CT molecular complexity index is 1130. The number of rotatable bonds is 2. The third kappa shape index (κ3) is 3.04. The Morgan fingerprint density at radius 2 is 2.00 bits per heavy atom.